The van der Waals surface area contributed by atoms with E-state index in [0.717, 1.165) is 20.8 Å². The molecule has 44 atom stereocenters. The summed E-state index contributed by atoms with van der Waals surface area (Å²) in [6.07, 6.45) is -86.3. The van der Waals surface area contributed by atoms with Crippen LogP contribution in [0.2, 0.25) is 0 Å². The lowest BCUT2D eigenvalue weighted by molar-refractivity contribution is -0.400. The van der Waals surface area contributed by atoms with Crippen molar-refractivity contribution in [3.8, 4) is 0 Å². The summed E-state index contributed by atoms with van der Waals surface area (Å²) in [5.41, 5.74) is 0. The van der Waals surface area contributed by atoms with E-state index in [1.165, 1.54) is 6.92 Å². The molecule has 108 heavy (non-hydrogen) atoms. The van der Waals surface area contributed by atoms with Crippen molar-refractivity contribution in [2.75, 3.05) is 59.5 Å². The molecular weight excluding hydrogens is 1480 g/mol. The van der Waals surface area contributed by atoms with E-state index in [9.17, 15) is 147 Å². The lowest BCUT2D eigenvalue weighted by Crippen LogP contribution is -2.71. The van der Waals surface area contributed by atoms with Crippen LogP contribution in [0.4, 0.5) is 0 Å². The fraction of sp³-hybridized carbons (Fsp3) is 0.950. The number of rotatable bonds is 31. The highest BCUT2D eigenvalue weighted by atomic mass is 16.8. The number of carbonyl (C=O) groups excluding carboxylic acids is 3. The lowest BCUT2D eigenvalue weighted by atomic mass is 9.94. The number of aliphatic hydroxyl groups is 26. The molecule has 8 aliphatic heterocycles. The molecule has 8 fully saturated rings. The fourth-order valence-electron chi connectivity index (χ4n) is 13.4. The van der Waals surface area contributed by atoms with Crippen LogP contribution in [0.25, 0.3) is 0 Å². The van der Waals surface area contributed by atoms with Crippen LogP contribution < -0.4 is 16.0 Å². The third kappa shape index (κ3) is 20.5. The average Bonchev–Trinajstić information content (AvgIpc) is 0.766. The molecule has 8 heterocycles. The van der Waals surface area contributed by atoms with Gasteiger partial charge >= 0.3 is 0 Å². The number of aliphatic hydroxyl groups excluding tert-OH is 26. The van der Waals surface area contributed by atoms with E-state index >= 15 is 0 Å². The van der Waals surface area contributed by atoms with Gasteiger partial charge in [-0.2, -0.15) is 0 Å². The number of hydrogen-bond acceptors (Lipinski definition) is 45. The molecule has 8 unspecified atom stereocenters. The zero-order chi connectivity index (χ0) is 79.9. The third-order valence-electron chi connectivity index (χ3n) is 19.5. The van der Waals surface area contributed by atoms with Crippen molar-refractivity contribution in [2.45, 2.75) is 298 Å². The zero-order valence-electron chi connectivity index (χ0n) is 58.2. The smallest absolute Gasteiger partial charge is 0.217 e. The predicted molar refractivity (Wildman–Crippen MR) is 333 cm³/mol. The summed E-state index contributed by atoms with van der Waals surface area (Å²) < 4.78 is 94.5. The van der Waals surface area contributed by atoms with Crippen molar-refractivity contribution in [3.63, 3.8) is 0 Å². The van der Waals surface area contributed by atoms with Crippen LogP contribution in [0.1, 0.15) is 27.7 Å². The van der Waals surface area contributed by atoms with E-state index < -0.39 is 347 Å². The van der Waals surface area contributed by atoms with Crippen LogP contribution in [-0.4, -0.2) is 480 Å². The minimum absolute atomic E-state index is 0.858. The Bertz CT molecular complexity index is 2770. The predicted octanol–water partition coefficient (Wildman–Crippen LogP) is -19.5. The Kier molecular flexibility index (Phi) is 33.3. The maximum absolute atomic E-state index is 13.2. The van der Waals surface area contributed by atoms with Crippen molar-refractivity contribution in [1.29, 1.82) is 0 Å². The second-order valence-electron chi connectivity index (χ2n) is 27.3. The highest BCUT2D eigenvalue weighted by molar-refractivity contribution is 5.74. The molecule has 0 spiro atoms. The van der Waals surface area contributed by atoms with Crippen molar-refractivity contribution in [1.82, 2.24) is 16.0 Å². The van der Waals surface area contributed by atoms with Crippen molar-refractivity contribution < 1.29 is 223 Å². The molecule has 8 saturated heterocycles. The quantitative estimate of drug-likeness (QED) is 0.0306. The van der Waals surface area contributed by atoms with E-state index in [0.29, 0.717) is 0 Å². The van der Waals surface area contributed by atoms with Gasteiger partial charge in [0.15, 0.2) is 50.3 Å². The van der Waals surface area contributed by atoms with E-state index in [2.05, 4.69) is 16.0 Å². The van der Waals surface area contributed by atoms with Crippen molar-refractivity contribution in [2.24, 2.45) is 0 Å². The number of nitrogens with one attached hydrogen (secondary N) is 3. The molecular formula is C60H103N3O45. The standard InChI is InChI=1S/C60H103N3O45/c1-14-29(74)38(83)42(87)55(96-14)93-11-19(73)48(30(75)18(5-64)61-15(2)70)104-54-28(63-17(4)72)37(82)49(24(10-69)101-54)105-60-47(92)52(108-59-45(90)41(86)34(79)23(9-68)100-59)50(106-53-27(62-16(3)71)36(81)31(76)20(6-65)97-53)26(103-60)13-95-57-46(91)51(107-58-44(89)40(85)33(78)22(8-67)99-58)35(80)25(102-57)12-94-56-43(88)39(84)32(77)21(7-66)98-56/h14,18-60,64-69,73-92H,5-13H2,1-4H3,(H,61,70)(H,62,71)(H,63,72)/t14-,18-,19+,20+,21+,22+,23+,24+,25+,26+,27+,28+,29+,30+,31+,32+,33+,34+,35+,36+,37+,38+,39-,40-,41-,42-,43-,44-,45-,46-,47-,48+,49+,50+,51-,52+,53?,54?,55?,56?,57?,58?,59?,60?/m0/s1. The van der Waals surface area contributed by atoms with Gasteiger partial charge in [0.25, 0.3) is 0 Å². The van der Waals surface area contributed by atoms with Gasteiger partial charge in [0, 0.05) is 20.8 Å². The number of amides is 3. The van der Waals surface area contributed by atoms with Gasteiger partial charge in [-0.1, -0.05) is 0 Å². The average molecular weight is 1590 g/mol. The Morgan fingerprint density at radius 2 is 0.713 bits per heavy atom. The Morgan fingerprint density at radius 3 is 1.20 bits per heavy atom. The topological polar surface area (TPSA) is 761 Å². The summed E-state index contributed by atoms with van der Waals surface area (Å²) in [5, 5.41) is 294. The molecule has 0 saturated carbocycles. The molecule has 48 heteroatoms. The van der Waals surface area contributed by atoms with Crippen LogP contribution in [0, 0.1) is 0 Å². The van der Waals surface area contributed by atoms with Crippen LogP contribution in [-0.2, 0) is 90.2 Å². The third-order valence-corrected chi connectivity index (χ3v) is 19.5. The van der Waals surface area contributed by atoms with E-state index in [4.69, 9.17) is 75.8 Å². The van der Waals surface area contributed by atoms with Crippen LogP contribution >= 0.6 is 0 Å². The maximum Gasteiger partial charge on any atom is 0.217 e. The highest BCUT2D eigenvalue weighted by Gasteiger charge is 2.60. The monoisotopic (exact) mass is 1590 g/mol. The lowest BCUT2D eigenvalue weighted by Gasteiger charge is -2.51. The fourth-order valence-corrected chi connectivity index (χ4v) is 13.4. The molecule has 48 nitrogen and oxygen atoms in total. The second-order valence-corrected chi connectivity index (χ2v) is 27.3. The largest absolute Gasteiger partial charge is 0.394 e. The van der Waals surface area contributed by atoms with E-state index in [1.54, 1.807) is 0 Å². The highest BCUT2D eigenvalue weighted by Crippen LogP contribution is 2.39. The minimum atomic E-state index is -2.62. The van der Waals surface area contributed by atoms with Gasteiger partial charge in [-0.05, 0) is 6.92 Å². The molecule has 3 amide bonds. The SMILES string of the molecule is CC(=O)N[C@@H](CO)[C@@H](O)[C@H](OC1O[C@H](CO)[C@@H](OC2O[C@H](COC3O[C@H](COC4O[C@H](CO)[C@@H](O)[C@H](O)[C@@H]4O)[C@@H](O)[C@H](OC4O[C@H](CO)[C@@H](O)[C@H](O)[C@@H]4O)[C@@H]3O)[C@@H](OC3O[C@H](CO)[C@@H](O)[C@H](O)[C@H]3NC(C)=O)[C@H](OC3O[C@H](CO)[C@@H](O)[C@H](O)[C@@H]3O)[C@@H]2O)[C@H](O)[C@H]1NC(C)=O)[C@H](O)COC1O[C@@H](C)[C@@H](O)[C@@H](O)[C@@H]1O. The molecule has 0 aliphatic carbocycles. The van der Waals surface area contributed by atoms with Gasteiger partial charge in [-0.15, -0.1) is 0 Å². The summed E-state index contributed by atoms with van der Waals surface area (Å²) in [6, 6.07) is -5.73. The Hall–Kier alpha value is -3.27. The van der Waals surface area contributed by atoms with Gasteiger partial charge in [-0.3, -0.25) is 14.4 Å². The second kappa shape index (κ2) is 39.9. The molecule has 8 rings (SSSR count). The molecule has 29 N–H and O–H groups in total. The minimum Gasteiger partial charge on any atom is -0.394 e. The molecule has 0 aromatic carbocycles. The first kappa shape index (κ1) is 90.3. The van der Waals surface area contributed by atoms with Gasteiger partial charge in [0.2, 0.25) is 17.7 Å². The summed E-state index contributed by atoms with van der Waals surface area (Å²) in [6.45, 7) is -5.83. The number of ether oxygens (including phenoxy) is 16. The maximum atomic E-state index is 13.2. The summed E-state index contributed by atoms with van der Waals surface area (Å²) in [4.78, 5) is 38.3. The zero-order valence-corrected chi connectivity index (χ0v) is 58.2. The van der Waals surface area contributed by atoms with E-state index in [1.807, 2.05) is 0 Å². The Morgan fingerprint density at radius 1 is 0.343 bits per heavy atom. The molecule has 0 aromatic heterocycles. The summed E-state index contributed by atoms with van der Waals surface area (Å²) >= 11 is 0. The van der Waals surface area contributed by atoms with Gasteiger partial charge in [0.1, 0.15) is 207 Å². The molecule has 0 aromatic rings. The van der Waals surface area contributed by atoms with Crippen LogP contribution in [0.3, 0.4) is 0 Å². The normalized spacial score (nSPS) is 47.3. The molecule has 628 valence electrons. The summed E-state index contributed by atoms with van der Waals surface area (Å²) in [7, 11) is 0. The van der Waals surface area contributed by atoms with E-state index in [-0.39, 0.29) is 0 Å². The van der Waals surface area contributed by atoms with Gasteiger partial charge in [-0.25, -0.2) is 0 Å². The van der Waals surface area contributed by atoms with Crippen molar-refractivity contribution >= 4 is 17.7 Å². The first-order valence-corrected chi connectivity index (χ1v) is 34.4. The Balaban J connectivity index is 1.20. The Labute approximate surface area is 612 Å². The van der Waals surface area contributed by atoms with Crippen LogP contribution in [0.5, 0.6) is 0 Å². The van der Waals surface area contributed by atoms with Crippen LogP contribution in [0.15, 0.2) is 0 Å². The summed E-state index contributed by atoms with van der Waals surface area (Å²) in [5.74, 6) is -2.82. The van der Waals surface area contributed by atoms with Gasteiger partial charge in [0.05, 0.1) is 71.6 Å². The number of hydrogen-bond donors (Lipinski definition) is 29. The van der Waals surface area contributed by atoms with Gasteiger partial charge < -0.3 is 225 Å². The molecule has 0 radical (unpaired) electrons. The number of carbonyl (C=O) groups is 3. The first-order chi connectivity index (χ1) is 51.0. The first-order valence-electron chi connectivity index (χ1n) is 34.4. The molecule has 8 aliphatic rings. The molecule has 0 bridgehead atoms. The van der Waals surface area contributed by atoms with Crippen molar-refractivity contribution in [3.05, 3.63) is 0 Å².